The van der Waals surface area contributed by atoms with Gasteiger partial charge in [-0.15, -0.1) is 0 Å². The van der Waals surface area contributed by atoms with E-state index >= 15 is 0 Å². The first-order valence-corrected chi connectivity index (χ1v) is 10.1. The first-order chi connectivity index (χ1) is 15.4. The van der Waals surface area contributed by atoms with E-state index in [9.17, 15) is 18.0 Å². The summed E-state index contributed by atoms with van der Waals surface area (Å²) in [4.78, 5) is 29.5. The molecule has 10 heteroatoms. The Labute approximate surface area is 182 Å². The fourth-order valence-corrected chi connectivity index (χ4v) is 3.47. The summed E-state index contributed by atoms with van der Waals surface area (Å²) < 4.78 is 38.5. The standard InChI is InChI=1S/C22H21F3N6O/c23-22(24,25)17-5-3-4-16(12-17)13-20(32)29-18-14-27-21(28-15-18)31-10-8-30(9-11-31)19-6-1-2-7-26-19/h1-7,12,14-15H,8-11,13H2,(H,29,32). The molecule has 166 valence electrons. The van der Waals surface area contributed by atoms with Crippen LogP contribution in [0.15, 0.2) is 61.1 Å². The normalized spacial score (nSPS) is 14.3. The van der Waals surface area contributed by atoms with Gasteiger partial charge < -0.3 is 15.1 Å². The molecular formula is C22H21F3N6O. The maximum Gasteiger partial charge on any atom is 0.416 e. The van der Waals surface area contributed by atoms with Crippen LogP contribution < -0.4 is 15.1 Å². The van der Waals surface area contributed by atoms with E-state index in [1.54, 1.807) is 6.20 Å². The molecule has 2 aromatic heterocycles. The van der Waals surface area contributed by atoms with Crippen LogP contribution in [0, 0.1) is 0 Å². The molecule has 0 aliphatic carbocycles. The van der Waals surface area contributed by atoms with E-state index in [0.29, 0.717) is 11.6 Å². The molecule has 0 spiro atoms. The van der Waals surface area contributed by atoms with Gasteiger partial charge in [-0.05, 0) is 23.8 Å². The number of hydrogen-bond acceptors (Lipinski definition) is 6. The Balaban J connectivity index is 1.31. The lowest BCUT2D eigenvalue weighted by atomic mass is 10.1. The van der Waals surface area contributed by atoms with Gasteiger partial charge in [0.15, 0.2) is 0 Å². The Hall–Kier alpha value is -3.69. The highest BCUT2D eigenvalue weighted by atomic mass is 19.4. The van der Waals surface area contributed by atoms with Gasteiger partial charge in [-0.1, -0.05) is 24.3 Å². The van der Waals surface area contributed by atoms with Gasteiger partial charge in [0.05, 0.1) is 30.1 Å². The van der Waals surface area contributed by atoms with Crippen LogP contribution in [0.1, 0.15) is 11.1 Å². The summed E-state index contributed by atoms with van der Waals surface area (Å²) in [5.74, 6) is 1.05. The number of pyridine rings is 1. The Morgan fingerprint density at radius 3 is 2.31 bits per heavy atom. The number of nitrogens with one attached hydrogen (secondary N) is 1. The second-order valence-electron chi connectivity index (χ2n) is 7.36. The third kappa shape index (κ3) is 5.32. The monoisotopic (exact) mass is 442 g/mol. The van der Waals surface area contributed by atoms with E-state index in [0.717, 1.165) is 44.1 Å². The number of halogens is 3. The third-order valence-electron chi connectivity index (χ3n) is 5.08. The summed E-state index contributed by atoms with van der Waals surface area (Å²) in [6, 6.07) is 10.5. The molecule has 32 heavy (non-hydrogen) atoms. The number of amides is 1. The van der Waals surface area contributed by atoms with Gasteiger partial charge >= 0.3 is 6.18 Å². The number of anilines is 3. The van der Waals surface area contributed by atoms with Gasteiger partial charge in [0.1, 0.15) is 5.82 Å². The third-order valence-corrected chi connectivity index (χ3v) is 5.08. The average molecular weight is 442 g/mol. The predicted molar refractivity (Wildman–Crippen MR) is 114 cm³/mol. The molecule has 1 amide bonds. The molecule has 1 fully saturated rings. The second-order valence-corrected chi connectivity index (χ2v) is 7.36. The van der Waals surface area contributed by atoms with Crippen molar-refractivity contribution in [3.05, 3.63) is 72.2 Å². The molecule has 0 atom stereocenters. The van der Waals surface area contributed by atoms with Crippen LogP contribution in [0.5, 0.6) is 0 Å². The van der Waals surface area contributed by atoms with Gasteiger partial charge in [0, 0.05) is 32.4 Å². The van der Waals surface area contributed by atoms with Crippen molar-refractivity contribution in [3.8, 4) is 0 Å². The Bertz CT molecular complexity index is 1050. The van der Waals surface area contributed by atoms with Crippen molar-refractivity contribution in [1.82, 2.24) is 15.0 Å². The number of aromatic nitrogens is 3. The summed E-state index contributed by atoms with van der Waals surface area (Å²) in [5, 5.41) is 2.63. The quantitative estimate of drug-likeness (QED) is 0.653. The summed E-state index contributed by atoms with van der Waals surface area (Å²) in [7, 11) is 0. The molecule has 0 saturated carbocycles. The van der Waals surface area contributed by atoms with E-state index in [2.05, 4.69) is 25.2 Å². The molecule has 4 rings (SSSR count). The van der Waals surface area contributed by atoms with Crippen LogP contribution >= 0.6 is 0 Å². The van der Waals surface area contributed by atoms with Crippen LogP contribution in [0.2, 0.25) is 0 Å². The Morgan fingerprint density at radius 2 is 1.66 bits per heavy atom. The zero-order chi connectivity index (χ0) is 22.6. The van der Waals surface area contributed by atoms with Crippen LogP contribution in [-0.4, -0.2) is 47.0 Å². The lowest BCUT2D eigenvalue weighted by molar-refractivity contribution is -0.137. The summed E-state index contributed by atoms with van der Waals surface area (Å²) in [5.41, 5.74) is -0.114. The molecular weight excluding hydrogens is 421 g/mol. The van der Waals surface area contributed by atoms with Crippen LogP contribution in [0.3, 0.4) is 0 Å². The van der Waals surface area contributed by atoms with Crippen molar-refractivity contribution in [3.63, 3.8) is 0 Å². The van der Waals surface area contributed by atoms with Crippen molar-refractivity contribution in [2.45, 2.75) is 12.6 Å². The maximum absolute atomic E-state index is 12.8. The second kappa shape index (κ2) is 9.21. The predicted octanol–water partition coefficient (Wildman–Crippen LogP) is 3.40. The van der Waals surface area contributed by atoms with E-state index < -0.39 is 17.6 Å². The van der Waals surface area contributed by atoms with Crippen molar-refractivity contribution in [2.75, 3.05) is 41.3 Å². The number of nitrogens with zero attached hydrogens (tertiary/aromatic N) is 5. The zero-order valence-electron chi connectivity index (χ0n) is 17.1. The van der Waals surface area contributed by atoms with E-state index in [1.165, 1.54) is 24.5 Å². The van der Waals surface area contributed by atoms with E-state index in [4.69, 9.17) is 0 Å². The lowest BCUT2D eigenvalue weighted by Gasteiger charge is -2.35. The van der Waals surface area contributed by atoms with Gasteiger partial charge in [0.2, 0.25) is 11.9 Å². The van der Waals surface area contributed by atoms with Gasteiger partial charge in [0.25, 0.3) is 0 Å². The molecule has 3 heterocycles. The smallest absolute Gasteiger partial charge is 0.353 e. The minimum atomic E-state index is -4.45. The number of piperazine rings is 1. The molecule has 0 bridgehead atoms. The summed E-state index contributed by atoms with van der Waals surface area (Å²) in [6.45, 7) is 3.04. The summed E-state index contributed by atoms with van der Waals surface area (Å²) >= 11 is 0. The number of benzene rings is 1. The van der Waals surface area contributed by atoms with Crippen molar-refractivity contribution >= 4 is 23.4 Å². The van der Waals surface area contributed by atoms with Crippen LogP contribution in [-0.2, 0) is 17.4 Å². The molecule has 1 aliphatic heterocycles. The SMILES string of the molecule is O=C(Cc1cccc(C(F)(F)F)c1)Nc1cnc(N2CCN(c3ccccn3)CC2)nc1. The highest BCUT2D eigenvalue weighted by Crippen LogP contribution is 2.29. The van der Waals surface area contributed by atoms with E-state index in [1.807, 2.05) is 23.1 Å². The minimum absolute atomic E-state index is 0.179. The van der Waals surface area contributed by atoms with Crippen LogP contribution in [0.4, 0.5) is 30.6 Å². The molecule has 1 aromatic carbocycles. The molecule has 7 nitrogen and oxygen atoms in total. The van der Waals surface area contributed by atoms with Crippen molar-refractivity contribution < 1.29 is 18.0 Å². The number of rotatable bonds is 5. The number of carbonyl (C=O) groups excluding carboxylic acids is 1. The zero-order valence-corrected chi connectivity index (χ0v) is 17.1. The average Bonchev–Trinajstić information content (AvgIpc) is 2.80. The highest BCUT2D eigenvalue weighted by Gasteiger charge is 2.30. The number of alkyl halides is 3. The Kier molecular flexibility index (Phi) is 6.20. The van der Waals surface area contributed by atoms with Crippen LogP contribution in [0.25, 0.3) is 0 Å². The fourth-order valence-electron chi connectivity index (χ4n) is 3.47. The number of carbonyl (C=O) groups is 1. The fraction of sp³-hybridized carbons (Fsp3) is 0.273. The molecule has 1 N–H and O–H groups in total. The Morgan fingerprint density at radius 1 is 0.938 bits per heavy atom. The molecule has 1 aliphatic rings. The summed E-state index contributed by atoms with van der Waals surface area (Å²) in [6.07, 6.45) is 0.139. The van der Waals surface area contributed by atoms with Gasteiger partial charge in [-0.25, -0.2) is 15.0 Å². The number of hydrogen-bond donors (Lipinski definition) is 1. The molecule has 0 unspecified atom stereocenters. The molecule has 3 aromatic rings. The van der Waals surface area contributed by atoms with Crippen molar-refractivity contribution in [2.24, 2.45) is 0 Å². The maximum atomic E-state index is 12.8. The van der Waals surface area contributed by atoms with Gasteiger partial charge in [-0.2, -0.15) is 13.2 Å². The lowest BCUT2D eigenvalue weighted by Crippen LogP contribution is -2.47. The highest BCUT2D eigenvalue weighted by molar-refractivity contribution is 5.92. The van der Waals surface area contributed by atoms with E-state index in [-0.39, 0.29) is 12.0 Å². The first-order valence-electron chi connectivity index (χ1n) is 10.1. The van der Waals surface area contributed by atoms with Gasteiger partial charge in [-0.3, -0.25) is 4.79 Å². The van der Waals surface area contributed by atoms with Crippen molar-refractivity contribution in [1.29, 1.82) is 0 Å². The molecule has 1 saturated heterocycles. The molecule has 0 radical (unpaired) electrons. The minimum Gasteiger partial charge on any atom is -0.353 e. The first kappa shape index (κ1) is 21.5. The largest absolute Gasteiger partial charge is 0.416 e. The topological polar surface area (TPSA) is 74.2 Å².